The van der Waals surface area contributed by atoms with Crippen molar-refractivity contribution in [2.45, 2.75) is 29.8 Å². The Hall–Kier alpha value is -4.22. The van der Waals surface area contributed by atoms with Gasteiger partial charge >= 0.3 is 17.3 Å². The molecule has 3 aromatic carbocycles. The van der Waals surface area contributed by atoms with E-state index >= 15 is 0 Å². The molecule has 38 heavy (non-hydrogen) atoms. The molecule has 1 aliphatic heterocycles. The van der Waals surface area contributed by atoms with Crippen LogP contribution in [0.1, 0.15) is 12.5 Å². The number of nitrogens with one attached hydrogen (secondary N) is 1. The predicted octanol–water partition coefficient (Wildman–Crippen LogP) is 2.81. The standard InChI is InChI=1S/C26H21ClN4O6S/c1-15(23(32)33)13-31-25(34)29-24(30(26(31)35)14-16-6-8-17(27)9-7-16)28-18-10-11-22-20(12-18)19-4-2-3-5-21(19)38(22,36)37/h2-12,15H,13-14H2,1H3,(H,32,33)(H,28,29,34)/t15-/m1/s1. The molecule has 5 rings (SSSR count). The van der Waals surface area contributed by atoms with Crippen molar-refractivity contribution in [3.63, 3.8) is 0 Å². The van der Waals surface area contributed by atoms with Crippen LogP contribution in [-0.2, 0) is 27.7 Å². The molecular weight excluding hydrogens is 532 g/mol. The lowest BCUT2D eigenvalue weighted by Crippen LogP contribution is -2.51. The molecule has 0 radical (unpaired) electrons. The van der Waals surface area contributed by atoms with E-state index in [0.29, 0.717) is 27.4 Å². The zero-order chi connectivity index (χ0) is 27.2. The number of fused-ring (bicyclic) bond motifs is 3. The number of hydrogen-bond donors (Lipinski definition) is 2. The molecule has 1 aromatic heterocycles. The molecule has 0 spiro atoms. The van der Waals surface area contributed by atoms with Gasteiger partial charge in [0, 0.05) is 22.7 Å². The van der Waals surface area contributed by atoms with Gasteiger partial charge in [-0.05, 0) is 42.0 Å². The van der Waals surface area contributed by atoms with E-state index in [-0.39, 0.29) is 28.5 Å². The minimum atomic E-state index is -3.66. The number of H-pyrrole nitrogens is 1. The molecule has 0 saturated carbocycles. The van der Waals surface area contributed by atoms with Crippen molar-refractivity contribution in [1.82, 2.24) is 14.1 Å². The summed E-state index contributed by atoms with van der Waals surface area (Å²) in [6, 6.07) is 17.9. The molecule has 0 unspecified atom stereocenters. The second-order valence-corrected chi connectivity index (χ2v) is 11.2. The summed E-state index contributed by atoms with van der Waals surface area (Å²) in [5.74, 6) is -2.14. The molecule has 0 aliphatic carbocycles. The number of carboxylic acids is 1. The van der Waals surface area contributed by atoms with Crippen LogP contribution in [0.3, 0.4) is 0 Å². The van der Waals surface area contributed by atoms with Crippen LogP contribution in [0, 0.1) is 5.92 Å². The Morgan fingerprint density at radius 2 is 1.68 bits per heavy atom. The number of hydrogen-bond acceptors (Lipinski definition) is 6. The van der Waals surface area contributed by atoms with Gasteiger partial charge in [-0.3, -0.25) is 14.3 Å². The number of aromatic nitrogens is 3. The van der Waals surface area contributed by atoms with Crippen LogP contribution in [0.4, 0.5) is 5.69 Å². The first-order valence-electron chi connectivity index (χ1n) is 11.5. The van der Waals surface area contributed by atoms with Gasteiger partial charge in [0.25, 0.3) is 0 Å². The summed E-state index contributed by atoms with van der Waals surface area (Å²) in [4.78, 5) is 45.0. The SMILES string of the molecule is C[C@H](Cn1c(=O)[nH]/c(=N\c2ccc3c(c2)-c2ccccc2S3(=O)=O)n(Cc2ccc(Cl)cc2)c1=O)C(=O)O. The largest absolute Gasteiger partial charge is 0.481 e. The minimum Gasteiger partial charge on any atom is -0.481 e. The van der Waals surface area contributed by atoms with Crippen molar-refractivity contribution < 1.29 is 18.3 Å². The van der Waals surface area contributed by atoms with Crippen molar-refractivity contribution in [1.29, 1.82) is 0 Å². The zero-order valence-corrected chi connectivity index (χ0v) is 21.5. The highest BCUT2D eigenvalue weighted by molar-refractivity contribution is 7.92. The van der Waals surface area contributed by atoms with Crippen LogP contribution in [-0.4, -0.2) is 33.6 Å². The number of rotatable bonds is 6. The van der Waals surface area contributed by atoms with E-state index in [2.05, 4.69) is 9.98 Å². The number of nitrogens with zero attached hydrogens (tertiary/aromatic N) is 3. The molecule has 10 nitrogen and oxygen atoms in total. The topological polar surface area (TPSA) is 144 Å². The summed E-state index contributed by atoms with van der Waals surface area (Å²) in [6.45, 7) is 1.07. The normalized spacial score (nSPS) is 14.6. The lowest BCUT2D eigenvalue weighted by Gasteiger charge is -2.13. The van der Waals surface area contributed by atoms with Crippen molar-refractivity contribution in [3.05, 3.63) is 104 Å². The molecule has 1 atom stereocenters. The summed E-state index contributed by atoms with van der Waals surface area (Å²) in [6.07, 6.45) is 0. The van der Waals surface area contributed by atoms with Crippen molar-refractivity contribution in [2.24, 2.45) is 10.9 Å². The van der Waals surface area contributed by atoms with Gasteiger partial charge in [-0.2, -0.15) is 0 Å². The summed E-state index contributed by atoms with van der Waals surface area (Å²) in [5.41, 5.74) is 0.368. The van der Waals surface area contributed by atoms with Crippen LogP contribution in [0.25, 0.3) is 11.1 Å². The van der Waals surface area contributed by atoms with Crippen molar-refractivity contribution in [2.75, 3.05) is 0 Å². The smallest absolute Gasteiger partial charge is 0.335 e. The monoisotopic (exact) mass is 552 g/mol. The van der Waals surface area contributed by atoms with E-state index in [0.717, 1.165) is 4.57 Å². The van der Waals surface area contributed by atoms with E-state index in [4.69, 9.17) is 11.6 Å². The maximum Gasteiger partial charge on any atom is 0.335 e. The maximum atomic E-state index is 13.4. The van der Waals surface area contributed by atoms with E-state index < -0.39 is 33.1 Å². The van der Waals surface area contributed by atoms with Crippen LogP contribution >= 0.6 is 11.6 Å². The van der Waals surface area contributed by atoms with Crippen LogP contribution in [0.2, 0.25) is 5.02 Å². The first kappa shape index (κ1) is 25.4. The highest BCUT2D eigenvalue weighted by Gasteiger charge is 2.32. The summed E-state index contributed by atoms with van der Waals surface area (Å²) < 4.78 is 27.9. The van der Waals surface area contributed by atoms with Gasteiger partial charge in [-0.1, -0.05) is 48.9 Å². The first-order chi connectivity index (χ1) is 18.1. The average molecular weight is 553 g/mol. The molecule has 4 aromatic rings. The number of sulfone groups is 1. The van der Waals surface area contributed by atoms with E-state index in [1.54, 1.807) is 48.5 Å². The van der Waals surface area contributed by atoms with Crippen LogP contribution < -0.4 is 17.0 Å². The molecule has 0 bridgehead atoms. The lowest BCUT2D eigenvalue weighted by molar-refractivity contribution is -0.141. The Morgan fingerprint density at radius 3 is 2.39 bits per heavy atom. The maximum absolute atomic E-state index is 13.4. The van der Waals surface area contributed by atoms with Crippen LogP contribution in [0.5, 0.6) is 0 Å². The second kappa shape index (κ2) is 9.58. The molecule has 2 heterocycles. The Labute approximate surface area is 221 Å². The first-order valence-corrected chi connectivity index (χ1v) is 13.4. The molecule has 0 saturated heterocycles. The van der Waals surface area contributed by atoms with Crippen molar-refractivity contribution in [3.8, 4) is 11.1 Å². The third-order valence-electron chi connectivity index (χ3n) is 6.27. The number of benzene rings is 3. The second-order valence-electron chi connectivity index (χ2n) is 8.89. The quantitative estimate of drug-likeness (QED) is 0.331. The van der Waals surface area contributed by atoms with Gasteiger partial charge in [0.15, 0.2) is 0 Å². The van der Waals surface area contributed by atoms with Crippen LogP contribution in [0.15, 0.2) is 91.1 Å². The Kier molecular flexibility index (Phi) is 6.41. The van der Waals surface area contributed by atoms with Gasteiger partial charge in [0.1, 0.15) is 0 Å². The summed E-state index contributed by atoms with van der Waals surface area (Å²) in [5, 5.41) is 9.79. The summed E-state index contributed by atoms with van der Waals surface area (Å²) >= 11 is 5.98. The number of halogens is 1. The summed E-state index contributed by atoms with van der Waals surface area (Å²) in [7, 11) is -3.66. The molecule has 194 valence electrons. The Morgan fingerprint density at radius 1 is 1.00 bits per heavy atom. The van der Waals surface area contributed by atoms with E-state index in [1.165, 1.54) is 29.7 Å². The average Bonchev–Trinajstić information content (AvgIpc) is 3.11. The Bertz CT molecular complexity index is 1890. The van der Waals surface area contributed by atoms with Gasteiger partial charge in [0.05, 0.1) is 27.9 Å². The fraction of sp³-hybridized carbons (Fsp3) is 0.154. The third kappa shape index (κ3) is 4.50. The van der Waals surface area contributed by atoms with Gasteiger partial charge < -0.3 is 5.11 Å². The molecule has 0 fully saturated rings. The highest BCUT2D eigenvalue weighted by Crippen LogP contribution is 2.44. The number of carbonyl (C=O) groups is 1. The lowest BCUT2D eigenvalue weighted by atomic mass is 10.1. The third-order valence-corrected chi connectivity index (χ3v) is 8.39. The molecule has 2 N–H and O–H groups in total. The molecular formula is C26H21ClN4O6S. The Balaban J connectivity index is 1.69. The van der Waals surface area contributed by atoms with Gasteiger partial charge in [-0.15, -0.1) is 0 Å². The minimum absolute atomic E-state index is 0.00915. The van der Waals surface area contributed by atoms with Crippen molar-refractivity contribution >= 4 is 33.1 Å². The van der Waals surface area contributed by atoms with E-state index in [1.807, 2.05) is 0 Å². The molecule has 0 amide bonds. The molecule has 12 heteroatoms. The molecule has 1 aliphatic rings. The zero-order valence-electron chi connectivity index (χ0n) is 20.0. The van der Waals surface area contributed by atoms with Gasteiger partial charge in [-0.25, -0.2) is 27.6 Å². The number of aromatic amines is 1. The van der Waals surface area contributed by atoms with Gasteiger partial charge in [0.2, 0.25) is 15.5 Å². The number of carboxylic acid groups (broad SMARTS) is 1. The predicted molar refractivity (Wildman–Crippen MR) is 139 cm³/mol. The van der Waals surface area contributed by atoms with E-state index in [9.17, 15) is 27.9 Å². The highest BCUT2D eigenvalue weighted by atomic mass is 35.5. The fourth-order valence-corrected chi connectivity index (χ4v) is 6.06. The fourth-order valence-electron chi connectivity index (χ4n) is 4.27. The number of aliphatic carboxylic acids is 1.